The highest BCUT2D eigenvalue weighted by atomic mass is 15.0. The van der Waals surface area contributed by atoms with E-state index in [9.17, 15) is 0 Å². The first kappa shape index (κ1) is 17.6. The number of likely N-dealkylation sites (N-methyl/N-ethyl adjacent to an activating group) is 1. The SMILES string of the molecule is CN(C)CC1=CCC(c2ccc3ccccc3c2C(=N)C(C)(C)C)=C1. The van der Waals surface area contributed by atoms with Gasteiger partial charge in [-0.25, -0.2) is 0 Å². The van der Waals surface area contributed by atoms with Crippen LogP contribution in [-0.4, -0.2) is 31.3 Å². The maximum Gasteiger partial charge on any atom is 0.0451 e. The molecular formula is C23H28N2. The third-order valence-corrected chi connectivity index (χ3v) is 4.72. The Morgan fingerprint density at radius 1 is 1.08 bits per heavy atom. The minimum atomic E-state index is -0.183. The number of allylic oxidation sites excluding steroid dienone is 2. The molecule has 0 spiro atoms. The minimum absolute atomic E-state index is 0.183. The van der Waals surface area contributed by atoms with Crippen LogP contribution in [0.25, 0.3) is 16.3 Å². The lowest BCUT2D eigenvalue weighted by Gasteiger charge is -2.24. The number of nitrogens with zero attached hydrogens (tertiary/aromatic N) is 1. The predicted molar refractivity (Wildman–Crippen MR) is 109 cm³/mol. The van der Waals surface area contributed by atoms with Gasteiger partial charge in [-0.05, 0) is 48.0 Å². The van der Waals surface area contributed by atoms with Crippen LogP contribution in [0.4, 0.5) is 0 Å². The molecule has 0 aliphatic heterocycles. The Morgan fingerprint density at radius 2 is 1.80 bits per heavy atom. The average Bonchev–Trinajstić information content (AvgIpc) is 2.99. The van der Waals surface area contributed by atoms with Gasteiger partial charge in [0.1, 0.15) is 0 Å². The monoisotopic (exact) mass is 332 g/mol. The Kier molecular flexibility index (Phi) is 4.66. The van der Waals surface area contributed by atoms with Crippen molar-refractivity contribution in [2.45, 2.75) is 27.2 Å². The highest BCUT2D eigenvalue weighted by molar-refractivity contribution is 6.15. The molecule has 0 aromatic heterocycles. The summed E-state index contributed by atoms with van der Waals surface area (Å²) in [6.07, 6.45) is 5.57. The minimum Gasteiger partial charge on any atom is -0.305 e. The summed E-state index contributed by atoms with van der Waals surface area (Å²) in [6, 6.07) is 12.8. The van der Waals surface area contributed by atoms with Crippen molar-refractivity contribution in [2.75, 3.05) is 20.6 Å². The van der Waals surface area contributed by atoms with E-state index in [4.69, 9.17) is 5.41 Å². The third-order valence-electron chi connectivity index (χ3n) is 4.72. The van der Waals surface area contributed by atoms with Gasteiger partial charge in [-0.1, -0.05) is 69.3 Å². The maximum atomic E-state index is 8.88. The van der Waals surface area contributed by atoms with E-state index in [1.165, 1.54) is 27.5 Å². The van der Waals surface area contributed by atoms with Crippen molar-refractivity contribution in [3.05, 3.63) is 65.3 Å². The van der Waals surface area contributed by atoms with E-state index in [1.807, 2.05) is 0 Å². The Morgan fingerprint density at radius 3 is 2.48 bits per heavy atom. The topological polar surface area (TPSA) is 27.1 Å². The lowest BCUT2D eigenvalue weighted by Crippen LogP contribution is -2.22. The molecule has 2 aromatic rings. The molecule has 0 saturated heterocycles. The van der Waals surface area contributed by atoms with Crippen LogP contribution in [0.2, 0.25) is 0 Å². The van der Waals surface area contributed by atoms with Gasteiger partial charge in [0.05, 0.1) is 0 Å². The number of rotatable bonds is 4. The molecule has 0 heterocycles. The highest BCUT2D eigenvalue weighted by Crippen LogP contribution is 2.36. The molecule has 0 unspecified atom stereocenters. The first-order chi connectivity index (χ1) is 11.8. The molecule has 0 atom stereocenters. The van der Waals surface area contributed by atoms with E-state index in [-0.39, 0.29) is 5.41 Å². The second kappa shape index (κ2) is 6.61. The molecule has 1 aliphatic rings. The first-order valence-corrected chi connectivity index (χ1v) is 8.93. The van der Waals surface area contributed by atoms with Crippen LogP contribution in [0.1, 0.15) is 38.3 Å². The fraction of sp³-hybridized carbons (Fsp3) is 0.348. The van der Waals surface area contributed by atoms with Gasteiger partial charge < -0.3 is 10.3 Å². The molecule has 3 rings (SSSR count). The molecule has 1 aliphatic carbocycles. The zero-order valence-electron chi connectivity index (χ0n) is 16.0. The molecule has 1 N–H and O–H groups in total. The van der Waals surface area contributed by atoms with Crippen molar-refractivity contribution < 1.29 is 0 Å². The summed E-state index contributed by atoms with van der Waals surface area (Å²) in [5.41, 5.74) is 5.52. The van der Waals surface area contributed by atoms with Crippen molar-refractivity contribution >= 4 is 22.1 Å². The molecule has 0 radical (unpaired) electrons. The molecular weight excluding hydrogens is 304 g/mol. The molecule has 0 amide bonds. The molecule has 0 fully saturated rings. The van der Waals surface area contributed by atoms with Crippen LogP contribution in [0.3, 0.4) is 0 Å². The third kappa shape index (κ3) is 3.59. The summed E-state index contributed by atoms with van der Waals surface area (Å²) in [7, 11) is 4.20. The van der Waals surface area contributed by atoms with Gasteiger partial charge in [0.15, 0.2) is 0 Å². The maximum absolute atomic E-state index is 8.88. The van der Waals surface area contributed by atoms with E-state index in [0.29, 0.717) is 5.71 Å². The zero-order chi connectivity index (χ0) is 18.2. The van der Waals surface area contributed by atoms with E-state index in [0.717, 1.165) is 18.5 Å². The number of hydrogen-bond acceptors (Lipinski definition) is 2. The second-order valence-electron chi connectivity index (χ2n) is 8.22. The van der Waals surface area contributed by atoms with E-state index >= 15 is 0 Å². The fourth-order valence-electron chi connectivity index (χ4n) is 3.43. The van der Waals surface area contributed by atoms with Crippen LogP contribution in [0.15, 0.2) is 54.1 Å². The second-order valence-corrected chi connectivity index (χ2v) is 8.22. The van der Waals surface area contributed by atoms with Crippen LogP contribution in [0, 0.1) is 10.8 Å². The Bertz CT molecular complexity index is 877. The van der Waals surface area contributed by atoms with Gasteiger partial charge in [-0.2, -0.15) is 0 Å². The molecule has 25 heavy (non-hydrogen) atoms. The van der Waals surface area contributed by atoms with Crippen LogP contribution in [-0.2, 0) is 0 Å². The summed E-state index contributed by atoms with van der Waals surface area (Å²) < 4.78 is 0. The smallest absolute Gasteiger partial charge is 0.0451 e. The van der Waals surface area contributed by atoms with Gasteiger partial charge >= 0.3 is 0 Å². The van der Waals surface area contributed by atoms with Crippen molar-refractivity contribution in [1.29, 1.82) is 5.41 Å². The lowest BCUT2D eigenvalue weighted by molar-refractivity contribution is 0.449. The number of hydrogen-bond donors (Lipinski definition) is 1. The van der Waals surface area contributed by atoms with Crippen LogP contribution < -0.4 is 0 Å². The molecule has 2 heteroatoms. The van der Waals surface area contributed by atoms with Gasteiger partial charge in [0, 0.05) is 23.2 Å². The Balaban J connectivity index is 2.15. The van der Waals surface area contributed by atoms with E-state index in [2.05, 4.69) is 88.3 Å². The number of fused-ring (bicyclic) bond motifs is 1. The zero-order valence-corrected chi connectivity index (χ0v) is 16.0. The number of benzene rings is 2. The largest absolute Gasteiger partial charge is 0.305 e. The predicted octanol–water partition coefficient (Wildman–Crippen LogP) is 5.53. The van der Waals surface area contributed by atoms with Crippen LogP contribution >= 0.6 is 0 Å². The molecule has 2 aromatic carbocycles. The molecule has 0 saturated carbocycles. The van der Waals surface area contributed by atoms with Gasteiger partial charge in [-0.3, -0.25) is 0 Å². The quantitative estimate of drug-likeness (QED) is 0.732. The van der Waals surface area contributed by atoms with Crippen molar-refractivity contribution in [2.24, 2.45) is 5.41 Å². The molecule has 130 valence electrons. The highest BCUT2D eigenvalue weighted by Gasteiger charge is 2.25. The molecule has 0 bridgehead atoms. The number of nitrogens with one attached hydrogen (secondary N) is 1. The fourth-order valence-corrected chi connectivity index (χ4v) is 3.43. The van der Waals surface area contributed by atoms with E-state index < -0.39 is 0 Å². The summed E-state index contributed by atoms with van der Waals surface area (Å²) in [6.45, 7) is 7.34. The van der Waals surface area contributed by atoms with Gasteiger partial charge in [0.25, 0.3) is 0 Å². The summed E-state index contributed by atoms with van der Waals surface area (Å²) >= 11 is 0. The van der Waals surface area contributed by atoms with Crippen LogP contribution in [0.5, 0.6) is 0 Å². The summed E-state index contributed by atoms with van der Waals surface area (Å²) in [4.78, 5) is 2.20. The summed E-state index contributed by atoms with van der Waals surface area (Å²) in [5.74, 6) is 0. The van der Waals surface area contributed by atoms with Gasteiger partial charge in [0.2, 0.25) is 0 Å². The first-order valence-electron chi connectivity index (χ1n) is 8.93. The summed E-state index contributed by atoms with van der Waals surface area (Å²) in [5, 5.41) is 11.3. The van der Waals surface area contributed by atoms with Gasteiger partial charge in [-0.15, -0.1) is 0 Å². The normalized spacial score (nSPS) is 14.8. The van der Waals surface area contributed by atoms with Crippen molar-refractivity contribution in [3.63, 3.8) is 0 Å². The lowest BCUT2D eigenvalue weighted by atomic mass is 9.80. The Hall–Kier alpha value is -2.19. The average molecular weight is 332 g/mol. The van der Waals surface area contributed by atoms with Crippen molar-refractivity contribution in [1.82, 2.24) is 4.90 Å². The standard InChI is InChI=1S/C23H28N2/c1-23(2,3)22(24)21-19-9-7-6-8-17(19)12-13-20(21)18-11-10-16(14-18)15-25(4)5/h6-10,12-14,24H,11,15H2,1-5H3. The Labute approximate surface area is 151 Å². The van der Waals surface area contributed by atoms with E-state index in [1.54, 1.807) is 0 Å². The molecule has 2 nitrogen and oxygen atoms in total. The van der Waals surface area contributed by atoms with Crippen molar-refractivity contribution in [3.8, 4) is 0 Å².